The van der Waals surface area contributed by atoms with E-state index in [2.05, 4.69) is 94.9 Å². The first-order chi connectivity index (χ1) is 10.5. The summed E-state index contributed by atoms with van der Waals surface area (Å²) in [7, 11) is 0. The van der Waals surface area contributed by atoms with Crippen LogP contribution in [-0.4, -0.2) is 0 Å². The van der Waals surface area contributed by atoms with Gasteiger partial charge < -0.3 is 0 Å². The van der Waals surface area contributed by atoms with Gasteiger partial charge in [-0.2, -0.15) is 0 Å². The van der Waals surface area contributed by atoms with Crippen LogP contribution in [0.1, 0.15) is 90.8 Å². The predicted octanol–water partition coefficient (Wildman–Crippen LogP) is 7.10. The molecule has 0 bridgehead atoms. The molecule has 25 heavy (non-hydrogen) atoms. The van der Waals surface area contributed by atoms with Gasteiger partial charge in [-0.25, -0.2) is 0 Å². The molecule has 1 aliphatic carbocycles. The SMILES string of the molecule is CC1=C(C)C(C)(C)C(c2ccc(C(C)C)[c]([Ti])c2C(C)C)=C1C.Cl.Cl. The second-order valence-electron chi connectivity index (χ2n) is 8.18. The molecule has 0 saturated heterocycles. The molecule has 1 aliphatic rings. The minimum atomic E-state index is 0. The van der Waals surface area contributed by atoms with Gasteiger partial charge in [0.2, 0.25) is 0 Å². The van der Waals surface area contributed by atoms with Crippen molar-refractivity contribution in [2.24, 2.45) is 5.41 Å². The van der Waals surface area contributed by atoms with Gasteiger partial charge >= 0.3 is 155 Å². The molecule has 0 fully saturated rings. The topological polar surface area (TPSA) is 0 Å². The van der Waals surface area contributed by atoms with E-state index in [-0.39, 0.29) is 30.2 Å². The average Bonchev–Trinajstić information content (AvgIpc) is 2.58. The molecule has 0 atom stereocenters. The minimum absolute atomic E-state index is 0. The van der Waals surface area contributed by atoms with Crippen molar-refractivity contribution < 1.29 is 20.4 Å². The zero-order valence-corrected chi connectivity index (χ0v) is 20.3. The fourth-order valence-corrected chi connectivity index (χ4v) is 5.31. The molecule has 3 heteroatoms. The van der Waals surface area contributed by atoms with Crippen molar-refractivity contribution in [3.63, 3.8) is 0 Å². The third-order valence-corrected chi connectivity index (χ3v) is 6.68. The van der Waals surface area contributed by atoms with Gasteiger partial charge in [0, 0.05) is 0 Å². The van der Waals surface area contributed by atoms with E-state index in [1.807, 2.05) is 0 Å². The summed E-state index contributed by atoms with van der Waals surface area (Å²) >= 11 is 2.32. The Labute approximate surface area is 179 Å². The zero-order chi connectivity index (χ0) is 17.7. The summed E-state index contributed by atoms with van der Waals surface area (Å²) in [4.78, 5) is 0. The summed E-state index contributed by atoms with van der Waals surface area (Å²) in [6.45, 7) is 20.9. The number of hydrogen-bond acceptors (Lipinski definition) is 0. The Bertz CT molecular complexity index is 707. The van der Waals surface area contributed by atoms with E-state index < -0.39 is 0 Å². The molecule has 0 saturated carbocycles. The Morgan fingerprint density at radius 2 is 1.36 bits per heavy atom. The van der Waals surface area contributed by atoms with Crippen LogP contribution in [0.25, 0.3) is 5.57 Å². The van der Waals surface area contributed by atoms with E-state index in [0.29, 0.717) is 11.8 Å². The van der Waals surface area contributed by atoms with E-state index in [4.69, 9.17) is 0 Å². The number of halogens is 2. The molecule has 0 N–H and O–H groups in total. The van der Waals surface area contributed by atoms with Gasteiger partial charge in [-0.1, -0.05) is 0 Å². The quantitative estimate of drug-likeness (QED) is 0.461. The Morgan fingerprint density at radius 1 is 0.840 bits per heavy atom. The smallest absolute Gasteiger partial charge is 0.147 e. The minimum Gasteiger partial charge on any atom is -0.147 e. The summed E-state index contributed by atoms with van der Waals surface area (Å²) in [5, 5.41) is 0. The molecule has 0 amide bonds. The maximum Gasteiger partial charge on any atom is -0.147 e. The van der Waals surface area contributed by atoms with Crippen LogP contribution in [0.2, 0.25) is 0 Å². The molecular weight excluding hydrogens is 383 g/mol. The number of rotatable bonds is 3. The summed E-state index contributed by atoms with van der Waals surface area (Å²) < 4.78 is 1.49. The molecule has 0 heterocycles. The molecular formula is C22H33Cl2Ti. The van der Waals surface area contributed by atoms with Gasteiger partial charge in [-0.05, 0) is 0 Å². The summed E-state index contributed by atoms with van der Waals surface area (Å²) in [6.07, 6.45) is 0. The summed E-state index contributed by atoms with van der Waals surface area (Å²) in [5.74, 6) is 1.12. The second-order valence-corrected chi connectivity index (χ2v) is 8.96. The van der Waals surface area contributed by atoms with E-state index in [1.54, 1.807) is 5.56 Å². The van der Waals surface area contributed by atoms with Crippen molar-refractivity contribution in [2.45, 2.75) is 74.1 Å². The van der Waals surface area contributed by atoms with Crippen LogP contribution in [0.15, 0.2) is 28.9 Å². The standard InChI is InChI=1S/C22H31.2ClH.Ti/c1-13(2)18-10-11-19(20(12-18)14(3)4)21-16(6)15(5)17(7)22(21,8)9;;;/h10-11,13-14H,1-9H3;2*1H;. The third kappa shape index (κ3) is 4.13. The van der Waals surface area contributed by atoms with Crippen molar-refractivity contribution in [3.8, 4) is 0 Å². The van der Waals surface area contributed by atoms with Gasteiger partial charge in [0.25, 0.3) is 0 Å². The summed E-state index contributed by atoms with van der Waals surface area (Å²) in [5.41, 5.74) is 10.6. The fraction of sp³-hybridized carbons (Fsp3) is 0.545. The number of allylic oxidation sites excluding steroid dienone is 4. The van der Waals surface area contributed by atoms with Crippen LogP contribution in [0.4, 0.5) is 0 Å². The van der Waals surface area contributed by atoms with Gasteiger partial charge in [0.05, 0.1) is 0 Å². The molecule has 0 aromatic heterocycles. The first-order valence-corrected chi connectivity index (χ1v) is 9.58. The second kappa shape index (κ2) is 8.79. The predicted molar refractivity (Wildman–Crippen MR) is 113 cm³/mol. The fourth-order valence-electron chi connectivity index (χ4n) is 4.07. The van der Waals surface area contributed by atoms with Crippen molar-refractivity contribution in [1.29, 1.82) is 0 Å². The van der Waals surface area contributed by atoms with Crippen molar-refractivity contribution >= 4 is 34.3 Å². The third-order valence-electron chi connectivity index (χ3n) is 5.81. The van der Waals surface area contributed by atoms with E-state index in [0.717, 1.165) is 0 Å². The molecule has 0 radical (unpaired) electrons. The normalized spacial score (nSPS) is 16.4. The van der Waals surface area contributed by atoms with Gasteiger partial charge in [0.15, 0.2) is 0 Å². The zero-order valence-electron chi connectivity index (χ0n) is 17.1. The monoisotopic (exact) mass is 415 g/mol. The van der Waals surface area contributed by atoms with E-state index >= 15 is 0 Å². The first-order valence-electron chi connectivity index (χ1n) is 8.80. The van der Waals surface area contributed by atoms with Gasteiger partial charge in [0.1, 0.15) is 0 Å². The molecule has 0 unspecified atom stereocenters. The first kappa shape index (κ1) is 25.0. The van der Waals surface area contributed by atoms with Crippen molar-refractivity contribution in [3.05, 3.63) is 45.5 Å². The maximum absolute atomic E-state index is 2.39. The molecule has 0 spiro atoms. The van der Waals surface area contributed by atoms with Crippen LogP contribution >= 0.6 is 24.8 Å². The molecule has 1 aromatic carbocycles. The summed E-state index contributed by atoms with van der Waals surface area (Å²) in [6, 6.07) is 4.75. The van der Waals surface area contributed by atoms with Gasteiger partial charge in [-0.3, -0.25) is 0 Å². The Kier molecular flexibility index (Phi) is 8.79. The molecule has 139 valence electrons. The van der Waals surface area contributed by atoms with Crippen LogP contribution in [0.5, 0.6) is 0 Å². The van der Waals surface area contributed by atoms with Crippen molar-refractivity contribution in [1.82, 2.24) is 0 Å². The Balaban J connectivity index is 0.00000288. The van der Waals surface area contributed by atoms with Gasteiger partial charge in [-0.15, -0.1) is 24.8 Å². The van der Waals surface area contributed by atoms with Crippen molar-refractivity contribution in [2.75, 3.05) is 0 Å². The Morgan fingerprint density at radius 3 is 1.72 bits per heavy atom. The largest absolute Gasteiger partial charge is 0.147 e. The number of benzene rings is 1. The van der Waals surface area contributed by atoms with E-state index in [9.17, 15) is 0 Å². The van der Waals surface area contributed by atoms with Crippen LogP contribution < -0.4 is 3.87 Å². The Hall–Kier alpha value is -0.00571. The average molecular weight is 416 g/mol. The molecule has 0 aliphatic heterocycles. The number of hydrogen-bond donors (Lipinski definition) is 0. The molecule has 1 aromatic rings. The van der Waals surface area contributed by atoms with Crippen LogP contribution in [0.3, 0.4) is 0 Å². The van der Waals surface area contributed by atoms with E-state index in [1.165, 1.54) is 37.3 Å². The molecule has 0 nitrogen and oxygen atoms in total. The molecule has 2 rings (SSSR count). The van der Waals surface area contributed by atoms with Crippen LogP contribution in [0, 0.1) is 5.41 Å². The maximum atomic E-state index is 2.39. The van der Waals surface area contributed by atoms with Crippen LogP contribution in [-0.2, 0) is 20.4 Å².